The molecule has 0 aromatic carbocycles. The molecule has 3 rings (SSSR count). The van der Waals surface area contributed by atoms with Gasteiger partial charge in [-0.05, 0) is 18.9 Å². The second kappa shape index (κ2) is 5.51. The molecule has 0 aliphatic heterocycles. The molecule has 0 bridgehead atoms. The monoisotopic (exact) mass is 291 g/mol. The lowest BCUT2D eigenvalue weighted by Crippen LogP contribution is -2.17. The van der Waals surface area contributed by atoms with Gasteiger partial charge in [-0.1, -0.05) is 0 Å². The Morgan fingerprint density at radius 1 is 1.55 bits per heavy atom. The van der Waals surface area contributed by atoms with Crippen LogP contribution in [0.15, 0.2) is 23.3 Å². The normalized spacial score (nSPS) is 21.6. The Morgan fingerprint density at radius 2 is 2.40 bits per heavy atom. The molecule has 1 fully saturated rings. The Labute approximate surface area is 121 Å². The van der Waals surface area contributed by atoms with E-state index in [1.54, 1.807) is 24.4 Å². The van der Waals surface area contributed by atoms with Crippen molar-refractivity contribution in [2.24, 2.45) is 11.7 Å². The summed E-state index contributed by atoms with van der Waals surface area (Å²) in [5.74, 6) is 1.10. The number of thioether (sulfide) groups is 1. The lowest BCUT2D eigenvalue weighted by atomic mass is 10.4. The number of nitrogens with zero attached hydrogens (tertiary/aromatic N) is 4. The minimum atomic E-state index is 0.117. The molecule has 1 saturated carbocycles. The molecule has 2 heterocycles. The van der Waals surface area contributed by atoms with E-state index in [-0.39, 0.29) is 12.6 Å². The van der Waals surface area contributed by atoms with Crippen molar-refractivity contribution in [1.82, 2.24) is 19.5 Å². The first-order chi connectivity index (χ1) is 9.69. The van der Waals surface area contributed by atoms with E-state index in [4.69, 9.17) is 10.8 Å². The summed E-state index contributed by atoms with van der Waals surface area (Å²) >= 11 is 1.60. The zero-order valence-electron chi connectivity index (χ0n) is 11.2. The molecule has 2 atom stereocenters. The van der Waals surface area contributed by atoms with Crippen molar-refractivity contribution in [3.63, 3.8) is 0 Å². The zero-order chi connectivity index (χ0) is 14.1. The van der Waals surface area contributed by atoms with Crippen LogP contribution in [-0.2, 0) is 0 Å². The quantitative estimate of drug-likeness (QED) is 0.634. The second-order valence-corrected chi connectivity index (χ2v) is 6.09. The average molecular weight is 291 g/mol. The van der Waals surface area contributed by atoms with Gasteiger partial charge in [0.15, 0.2) is 5.65 Å². The summed E-state index contributed by atoms with van der Waals surface area (Å²) in [6.07, 6.45) is 6.25. The molecule has 7 heteroatoms. The molecule has 0 radical (unpaired) electrons. The number of hydrogen-bond donors (Lipinski definition) is 2. The molecule has 0 amide bonds. The van der Waals surface area contributed by atoms with Gasteiger partial charge < -0.3 is 10.8 Å². The lowest BCUT2D eigenvalue weighted by molar-refractivity contribution is 0.281. The van der Waals surface area contributed by atoms with E-state index in [9.17, 15) is 0 Å². The van der Waals surface area contributed by atoms with E-state index in [2.05, 4.69) is 15.0 Å². The Bertz CT molecular complexity index is 651. The predicted molar refractivity (Wildman–Crippen MR) is 79.2 cm³/mol. The van der Waals surface area contributed by atoms with Gasteiger partial charge in [-0.25, -0.2) is 15.0 Å². The first-order valence-corrected chi connectivity index (χ1v) is 7.55. The molecule has 0 spiro atoms. The summed E-state index contributed by atoms with van der Waals surface area (Å²) in [5.41, 5.74) is 8.60. The van der Waals surface area contributed by atoms with E-state index in [0.717, 1.165) is 28.4 Å². The first-order valence-electron chi connectivity index (χ1n) is 6.56. The summed E-state index contributed by atoms with van der Waals surface area (Å²) < 4.78 is 1.90. The third-order valence-corrected chi connectivity index (χ3v) is 4.44. The molecule has 2 aromatic rings. The number of nitrogens with two attached hydrogens (primary N) is 1. The van der Waals surface area contributed by atoms with E-state index >= 15 is 0 Å². The average Bonchev–Trinajstić information content (AvgIpc) is 3.07. The largest absolute Gasteiger partial charge is 0.396 e. The highest BCUT2D eigenvalue weighted by molar-refractivity contribution is 7.99. The van der Waals surface area contributed by atoms with Gasteiger partial charge in [0, 0.05) is 30.5 Å². The van der Waals surface area contributed by atoms with Crippen molar-refractivity contribution in [3.05, 3.63) is 18.2 Å². The molecule has 106 valence electrons. The van der Waals surface area contributed by atoms with Crippen molar-refractivity contribution in [1.29, 1.82) is 0 Å². The van der Waals surface area contributed by atoms with Gasteiger partial charge in [0.1, 0.15) is 23.2 Å². The van der Waals surface area contributed by atoms with E-state index in [0.29, 0.717) is 5.92 Å². The molecule has 2 aromatic heterocycles. The van der Waals surface area contributed by atoms with Gasteiger partial charge in [0.25, 0.3) is 0 Å². The van der Waals surface area contributed by atoms with Crippen molar-refractivity contribution >= 4 is 29.1 Å². The van der Waals surface area contributed by atoms with Crippen LogP contribution in [0, 0.1) is 5.92 Å². The van der Waals surface area contributed by atoms with E-state index < -0.39 is 0 Å². The number of aromatic nitrogens is 4. The molecular weight excluding hydrogens is 274 g/mol. The minimum absolute atomic E-state index is 0.117. The molecular formula is C13H17N5OS. The highest BCUT2D eigenvalue weighted by Gasteiger charge is 2.28. The minimum Gasteiger partial charge on any atom is -0.396 e. The zero-order valence-corrected chi connectivity index (χ0v) is 12.0. The SMILES string of the molecule is CC(N)CSc1ncnc2c1ncn2C=C1CC1CO. The number of rotatable bonds is 5. The second-order valence-electron chi connectivity index (χ2n) is 5.08. The Kier molecular flexibility index (Phi) is 3.73. The number of hydrogen-bond acceptors (Lipinski definition) is 6. The maximum absolute atomic E-state index is 9.08. The van der Waals surface area contributed by atoms with Crippen molar-refractivity contribution in [2.75, 3.05) is 12.4 Å². The fourth-order valence-corrected chi connectivity index (χ4v) is 2.81. The fraction of sp³-hybridized carbons (Fsp3) is 0.462. The maximum Gasteiger partial charge on any atom is 0.168 e. The molecule has 3 N–H and O–H groups in total. The molecule has 2 unspecified atom stereocenters. The molecule has 1 aliphatic rings. The summed E-state index contributed by atoms with van der Waals surface area (Å²) in [5, 5.41) is 9.94. The van der Waals surface area contributed by atoms with E-state index in [1.165, 1.54) is 5.57 Å². The number of aliphatic hydroxyl groups is 1. The summed E-state index contributed by atoms with van der Waals surface area (Å²) in [6.45, 7) is 2.18. The molecule has 6 nitrogen and oxygen atoms in total. The first kappa shape index (κ1) is 13.5. The van der Waals surface area contributed by atoms with Gasteiger partial charge in [-0.3, -0.25) is 4.57 Å². The molecule has 20 heavy (non-hydrogen) atoms. The third kappa shape index (κ3) is 2.70. The van der Waals surface area contributed by atoms with Crippen molar-refractivity contribution in [2.45, 2.75) is 24.4 Å². The van der Waals surface area contributed by atoms with Crippen LogP contribution in [0.5, 0.6) is 0 Å². The summed E-state index contributed by atoms with van der Waals surface area (Å²) in [6, 6.07) is 0.117. The van der Waals surface area contributed by atoms with Crippen LogP contribution in [0.3, 0.4) is 0 Å². The van der Waals surface area contributed by atoms with Gasteiger partial charge in [0.2, 0.25) is 0 Å². The summed E-state index contributed by atoms with van der Waals surface area (Å²) in [7, 11) is 0. The van der Waals surface area contributed by atoms with Gasteiger partial charge in [-0.15, -0.1) is 11.8 Å². The van der Waals surface area contributed by atoms with Crippen LogP contribution in [0.1, 0.15) is 13.3 Å². The third-order valence-electron chi connectivity index (χ3n) is 3.18. The van der Waals surface area contributed by atoms with Crippen LogP contribution in [0.2, 0.25) is 0 Å². The van der Waals surface area contributed by atoms with Gasteiger partial charge >= 0.3 is 0 Å². The van der Waals surface area contributed by atoms with Crippen LogP contribution < -0.4 is 5.73 Å². The standard InChI is InChI=1S/C13H17N5OS/c1-8(14)5-20-13-11-12(15-6-16-13)18(7-17-11)3-9-2-10(9)4-19/h3,6-8,10,19H,2,4-5,14H2,1H3. The van der Waals surface area contributed by atoms with Gasteiger partial charge in [-0.2, -0.15) is 0 Å². The topological polar surface area (TPSA) is 89.9 Å². The molecule has 1 aliphatic carbocycles. The van der Waals surface area contributed by atoms with Crippen LogP contribution in [-0.4, -0.2) is 43.0 Å². The smallest absolute Gasteiger partial charge is 0.168 e. The Morgan fingerprint density at radius 3 is 3.10 bits per heavy atom. The fourth-order valence-electron chi connectivity index (χ4n) is 1.99. The number of fused-ring (bicyclic) bond motifs is 1. The maximum atomic E-state index is 9.08. The summed E-state index contributed by atoms with van der Waals surface area (Å²) in [4.78, 5) is 13.0. The number of aliphatic hydroxyl groups excluding tert-OH is 1. The Hall–Kier alpha value is -1.44. The highest BCUT2D eigenvalue weighted by Crippen LogP contribution is 2.38. The van der Waals surface area contributed by atoms with Crippen LogP contribution in [0.25, 0.3) is 17.4 Å². The van der Waals surface area contributed by atoms with Crippen LogP contribution in [0.4, 0.5) is 0 Å². The van der Waals surface area contributed by atoms with Crippen molar-refractivity contribution < 1.29 is 5.11 Å². The highest BCUT2D eigenvalue weighted by atomic mass is 32.2. The van der Waals surface area contributed by atoms with Crippen LogP contribution >= 0.6 is 11.8 Å². The molecule has 0 saturated heterocycles. The predicted octanol–water partition coefficient (Wildman–Crippen LogP) is 1.12. The van der Waals surface area contributed by atoms with Crippen molar-refractivity contribution in [3.8, 4) is 0 Å². The Balaban J connectivity index is 1.89. The lowest BCUT2D eigenvalue weighted by Gasteiger charge is -2.04. The van der Waals surface area contributed by atoms with E-state index in [1.807, 2.05) is 17.7 Å². The van der Waals surface area contributed by atoms with Gasteiger partial charge in [0.05, 0.1) is 0 Å². The number of imidazole rings is 1.